The van der Waals surface area contributed by atoms with Crippen molar-refractivity contribution in [2.75, 3.05) is 24.6 Å². The van der Waals surface area contributed by atoms with E-state index >= 15 is 0 Å². The van der Waals surface area contributed by atoms with E-state index in [1.54, 1.807) is 0 Å². The average molecular weight is 395 g/mol. The first-order valence-corrected chi connectivity index (χ1v) is 9.97. The molecule has 0 aliphatic carbocycles. The Labute approximate surface area is 169 Å². The van der Waals surface area contributed by atoms with Crippen LogP contribution in [0.15, 0.2) is 35.1 Å². The normalized spacial score (nSPS) is 16.8. The molecule has 1 aliphatic heterocycles. The van der Waals surface area contributed by atoms with Crippen molar-refractivity contribution < 1.29 is 14.1 Å². The summed E-state index contributed by atoms with van der Waals surface area (Å²) in [5.41, 5.74) is 2.22. The topological polar surface area (TPSA) is 93.4 Å². The average Bonchev–Trinajstić information content (AvgIpc) is 3.14. The zero-order valence-corrected chi connectivity index (χ0v) is 16.7. The number of para-hydroxylation sites is 1. The third-order valence-electron chi connectivity index (χ3n) is 5.24. The number of nitrogens with zero attached hydrogens (tertiary/aromatic N) is 4. The van der Waals surface area contributed by atoms with Gasteiger partial charge in [-0.25, -0.2) is 4.98 Å². The van der Waals surface area contributed by atoms with Gasteiger partial charge >= 0.3 is 0 Å². The summed E-state index contributed by atoms with van der Waals surface area (Å²) in [5, 5.41) is 7.89. The van der Waals surface area contributed by atoms with Gasteiger partial charge in [-0.15, -0.1) is 0 Å². The van der Waals surface area contributed by atoms with Gasteiger partial charge in [-0.2, -0.15) is 4.98 Å². The molecule has 3 aromatic rings. The lowest BCUT2D eigenvalue weighted by Gasteiger charge is -2.33. The van der Waals surface area contributed by atoms with Crippen LogP contribution in [0.3, 0.4) is 0 Å². The maximum Gasteiger partial charge on any atom is 0.263 e. The molecule has 1 aliphatic rings. The number of carbonyl (C=O) groups excluding carboxylic acids is 1. The molecule has 29 heavy (non-hydrogen) atoms. The van der Waals surface area contributed by atoms with Crippen molar-refractivity contribution >= 4 is 22.8 Å². The lowest BCUT2D eigenvalue weighted by atomic mass is 9.96. The number of anilines is 1. The van der Waals surface area contributed by atoms with Gasteiger partial charge in [0.25, 0.3) is 5.71 Å². The Balaban J connectivity index is 1.44. The molecule has 8 nitrogen and oxygen atoms in total. The summed E-state index contributed by atoms with van der Waals surface area (Å²) < 4.78 is 10.9. The summed E-state index contributed by atoms with van der Waals surface area (Å²) >= 11 is 0. The van der Waals surface area contributed by atoms with Crippen LogP contribution >= 0.6 is 0 Å². The quantitative estimate of drug-likeness (QED) is 0.686. The maximum absolute atomic E-state index is 12.9. The van der Waals surface area contributed by atoms with Gasteiger partial charge in [-0.3, -0.25) is 4.79 Å². The van der Waals surface area contributed by atoms with Crippen LogP contribution in [0, 0.1) is 12.8 Å². The van der Waals surface area contributed by atoms with Crippen LogP contribution in [-0.2, 0) is 11.3 Å². The summed E-state index contributed by atoms with van der Waals surface area (Å²) in [6, 6.07) is 7.79. The zero-order valence-electron chi connectivity index (χ0n) is 16.7. The smallest absolute Gasteiger partial charge is 0.263 e. The highest BCUT2D eigenvalue weighted by atomic mass is 16.5. The summed E-state index contributed by atoms with van der Waals surface area (Å²) in [5.74, 6) is 1.54. The Morgan fingerprint density at radius 2 is 2.21 bits per heavy atom. The lowest BCUT2D eigenvalue weighted by Crippen LogP contribution is -2.43. The van der Waals surface area contributed by atoms with Gasteiger partial charge in [0.15, 0.2) is 0 Å². The molecule has 3 heterocycles. The molecule has 1 aromatic carbocycles. The number of ether oxygens (including phenoxy) is 1. The number of aromatic nitrogens is 3. The van der Waals surface area contributed by atoms with E-state index in [1.165, 1.54) is 6.33 Å². The molecule has 8 heteroatoms. The first kappa shape index (κ1) is 19.2. The fourth-order valence-corrected chi connectivity index (χ4v) is 3.80. The Kier molecular flexibility index (Phi) is 5.59. The second kappa shape index (κ2) is 8.46. The highest BCUT2D eigenvalue weighted by Gasteiger charge is 2.28. The maximum atomic E-state index is 12.9. The highest BCUT2D eigenvalue weighted by Crippen LogP contribution is 2.29. The predicted octanol–water partition coefficient (Wildman–Crippen LogP) is 2.86. The van der Waals surface area contributed by atoms with Crippen LogP contribution in [0.1, 0.15) is 31.0 Å². The van der Waals surface area contributed by atoms with Gasteiger partial charge in [0.2, 0.25) is 5.91 Å². The molecular weight excluding hydrogens is 370 g/mol. The molecule has 0 bridgehead atoms. The fourth-order valence-electron chi connectivity index (χ4n) is 3.80. The number of nitrogens with one attached hydrogen (secondary N) is 1. The minimum Gasteiger partial charge on any atom is -0.494 e. The number of benzene rings is 1. The van der Waals surface area contributed by atoms with E-state index in [0.717, 1.165) is 47.6 Å². The summed E-state index contributed by atoms with van der Waals surface area (Å²) in [6.07, 6.45) is 3.26. The molecule has 152 valence electrons. The van der Waals surface area contributed by atoms with Gasteiger partial charge < -0.3 is 19.5 Å². The van der Waals surface area contributed by atoms with E-state index in [-0.39, 0.29) is 11.8 Å². The van der Waals surface area contributed by atoms with Crippen LogP contribution < -0.4 is 15.0 Å². The number of rotatable bonds is 6. The largest absolute Gasteiger partial charge is 0.494 e. The number of hydrogen-bond donors (Lipinski definition) is 1. The first-order chi connectivity index (χ1) is 14.2. The minimum atomic E-state index is -0.104. The van der Waals surface area contributed by atoms with Gasteiger partial charge in [-0.1, -0.05) is 23.4 Å². The van der Waals surface area contributed by atoms with Gasteiger partial charge in [0.1, 0.15) is 23.3 Å². The molecule has 0 spiro atoms. The molecule has 0 unspecified atom stereocenters. The first-order valence-electron chi connectivity index (χ1n) is 9.97. The number of fused-ring (bicyclic) bond motifs is 1. The zero-order chi connectivity index (χ0) is 20.2. The summed E-state index contributed by atoms with van der Waals surface area (Å²) in [7, 11) is 0. The van der Waals surface area contributed by atoms with E-state index in [1.807, 2.05) is 38.1 Å². The molecule has 0 radical (unpaired) electrons. The van der Waals surface area contributed by atoms with E-state index in [4.69, 9.17) is 9.26 Å². The Morgan fingerprint density at radius 1 is 1.34 bits per heavy atom. The van der Waals surface area contributed by atoms with Crippen molar-refractivity contribution in [1.82, 2.24) is 20.4 Å². The minimum absolute atomic E-state index is 0.0494. The number of carbonyl (C=O) groups is 1. The Hall–Kier alpha value is -3.16. The second-order valence-corrected chi connectivity index (χ2v) is 7.19. The third-order valence-corrected chi connectivity index (χ3v) is 5.24. The highest BCUT2D eigenvalue weighted by molar-refractivity contribution is 5.88. The summed E-state index contributed by atoms with van der Waals surface area (Å²) in [6.45, 7) is 6.32. The molecule has 2 aromatic heterocycles. The van der Waals surface area contributed by atoms with E-state index in [9.17, 15) is 4.79 Å². The number of amides is 1. The third kappa shape index (κ3) is 4.01. The predicted molar refractivity (Wildman–Crippen MR) is 109 cm³/mol. The SMILES string of the molecule is CCOc1ccccc1CNC(=O)[C@@H]1CCCN(c2ncnc3onc(C)c23)C1. The van der Waals surface area contributed by atoms with Crippen molar-refractivity contribution in [3.63, 3.8) is 0 Å². The van der Waals surface area contributed by atoms with Crippen molar-refractivity contribution in [1.29, 1.82) is 0 Å². The number of piperidine rings is 1. The lowest BCUT2D eigenvalue weighted by molar-refractivity contribution is -0.125. The van der Waals surface area contributed by atoms with Crippen molar-refractivity contribution in [3.8, 4) is 5.75 Å². The molecule has 1 atom stereocenters. The molecule has 4 rings (SSSR count). The molecule has 0 saturated carbocycles. The van der Waals surface area contributed by atoms with Crippen molar-refractivity contribution in [2.45, 2.75) is 33.2 Å². The second-order valence-electron chi connectivity index (χ2n) is 7.19. The fraction of sp³-hybridized carbons (Fsp3) is 0.429. The van der Waals surface area contributed by atoms with Crippen LogP contribution in [0.4, 0.5) is 5.82 Å². The molecule has 1 N–H and O–H groups in total. The van der Waals surface area contributed by atoms with Crippen molar-refractivity contribution in [3.05, 3.63) is 41.9 Å². The summed E-state index contributed by atoms with van der Waals surface area (Å²) in [4.78, 5) is 23.6. The van der Waals surface area contributed by atoms with E-state index in [0.29, 0.717) is 25.4 Å². The van der Waals surface area contributed by atoms with Crippen LogP contribution in [0.25, 0.3) is 11.1 Å². The van der Waals surface area contributed by atoms with Crippen molar-refractivity contribution in [2.24, 2.45) is 5.92 Å². The monoisotopic (exact) mass is 395 g/mol. The Morgan fingerprint density at radius 3 is 3.07 bits per heavy atom. The van der Waals surface area contributed by atoms with Crippen LogP contribution in [0.5, 0.6) is 5.75 Å². The number of aryl methyl sites for hydroxylation is 1. The van der Waals surface area contributed by atoms with Gasteiger partial charge in [0.05, 0.1) is 18.2 Å². The van der Waals surface area contributed by atoms with Crippen LogP contribution in [-0.4, -0.2) is 40.7 Å². The van der Waals surface area contributed by atoms with Gasteiger partial charge in [-0.05, 0) is 32.8 Å². The van der Waals surface area contributed by atoms with E-state index in [2.05, 4.69) is 25.3 Å². The number of hydrogen-bond acceptors (Lipinski definition) is 7. The van der Waals surface area contributed by atoms with Gasteiger partial charge in [0, 0.05) is 25.2 Å². The molecule has 1 saturated heterocycles. The Bertz CT molecular complexity index is 1000. The van der Waals surface area contributed by atoms with Crippen LogP contribution in [0.2, 0.25) is 0 Å². The van der Waals surface area contributed by atoms with E-state index < -0.39 is 0 Å². The molecule has 1 fully saturated rings. The molecule has 1 amide bonds. The standard InChI is InChI=1S/C21H25N5O3/c1-3-28-17-9-5-4-7-15(17)11-22-20(27)16-8-6-10-26(12-16)19-18-14(2)25-29-21(18)24-13-23-19/h4-5,7,9,13,16H,3,6,8,10-12H2,1-2H3,(H,22,27)/t16-/m1/s1. The molecular formula is C21H25N5O3.